The third-order valence-electron chi connectivity index (χ3n) is 5.43. The molecule has 0 spiro atoms. The van der Waals surface area contributed by atoms with Crippen molar-refractivity contribution in [3.63, 3.8) is 0 Å². The molecule has 4 aromatic rings. The average Bonchev–Trinajstić information content (AvgIpc) is 3.28. The lowest BCUT2D eigenvalue weighted by molar-refractivity contribution is -0.130. The van der Waals surface area contributed by atoms with Crippen LogP contribution in [0.25, 0.3) is 22.2 Å². The van der Waals surface area contributed by atoms with Crippen molar-refractivity contribution in [2.75, 3.05) is 13.6 Å². The van der Waals surface area contributed by atoms with Crippen molar-refractivity contribution < 1.29 is 9.32 Å². The maximum atomic E-state index is 12.6. The molecule has 2 aromatic carbocycles. The van der Waals surface area contributed by atoms with E-state index in [9.17, 15) is 14.4 Å². The summed E-state index contributed by atoms with van der Waals surface area (Å²) in [5, 5.41) is 4.53. The lowest BCUT2D eigenvalue weighted by Gasteiger charge is -2.17. The summed E-state index contributed by atoms with van der Waals surface area (Å²) in [4.78, 5) is 40.7. The molecule has 1 amide bonds. The van der Waals surface area contributed by atoms with Crippen LogP contribution in [0, 0.1) is 0 Å². The number of aromatic amines is 1. The van der Waals surface area contributed by atoms with E-state index in [1.165, 1.54) is 4.57 Å². The number of aromatic nitrogens is 3. The van der Waals surface area contributed by atoms with E-state index in [1.54, 1.807) is 36.2 Å². The van der Waals surface area contributed by atoms with Gasteiger partial charge in [-0.25, -0.2) is 4.79 Å². The predicted octanol–water partition coefficient (Wildman–Crippen LogP) is 2.83. The topological polar surface area (TPSA) is 101 Å². The maximum Gasteiger partial charge on any atom is 0.328 e. The Labute approximate surface area is 184 Å². The summed E-state index contributed by atoms with van der Waals surface area (Å²) in [5.41, 5.74) is 1.39. The molecule has 164 valence electrons. The van der Waals surface area contributed by atoms with Crippen LogP contribution < -0.4 is 11.2 Å². The van der Waals surface area contributed by atoms with Gasteiger partial charge in [-0.05, 0) is 18.6 Å². The van der Waals surface area contributed by atoms with E-state index in [-0.39, 0.29) is 18.9 Å². The van der Waals surface area contributed by atoms with E-state index >= 15 is 0 Å². The van der Waals surface area contributed by atoms with Crippen LogP contribution in [0.1, 0.15) is 18.6 Å². The predicted molar refractivity (Wildman–Crippen MR) is 121 cm³/mol. The van der Waals surface area contributed by atoms with E-state index in [0.717, 1.165) is 23.4 Å². The van der Waals surface area contributed by atoms with Crippen LogP contribution in [-0.2, 0) is 17.8 Å². The molecule has 32 heavy (non-hydrogen) atoms. The lowest BCUT2D eigenvalue weighted by Crippen LogP contribution is -2.33. The monoisotopic (exact) mass is 432 g/mol. The van der Waals surface area contributed by atoms with Crippen molar-refractivity contribution in [2.45, 2.75) is 25.8 Å². The highest BCUT2D eigenvalue weighted by molar-refractivity contribution is 5.78. The fraction of sp³-hybridized carbons (Fsp3) is 0.250. The van der Waals surface area contributed by atoms with Gasteiger partial charge in [0.2, 0.25) is 5.91 Å². The van der Waals surface area contributed by atoms with Crippen molar-refractivity contribution in [1.82, 2.24) is 19.6 Å². The molecule has 8 nitrogen and oxygen atoms in total. The molecule has 0 atom stereocenters. The number of aryl methyl sites for hydroxylation is 2. The van der Waals surface area contributed by atoms with Crippen molar-refractivity contribution in [3.05, 3.63) is 87.3 Å². The van der Waals surface area contributed by atoms with Crippen LogP contribution in [0.2, 0.25) is 0 Å². The van der Waals surface area contributed by atoms with Crippen LogP contribution in [0.4, 0.5) is 0 Å². The van der Waals surface area contributed by atoms with Crippen LogP contribution in [0.15, 0.2) is 74.8 Å². The normalized spacial score (nSPS) is 11.0. The Kier molecular flexibility index (Phi) is 6.30. The lowest BCUT2D eigenvalue weighted by atomic mass is 10.1. The average molecular weight is 432 g/mol. The van der Waals surface area contributed by atoms with E-state index < -0.39 is 11.2 Å². The van der Waals surface area contributed by atoms with Crippen LogP contribution in [-0.4, -0.2) is 39.1 Å². The summed E-state index contributed by atoms with van der Waals surface area (Å²) >= 11 is 0. The molecule has 0 unspecified atom stereocenters. The van der Waals surface area contributed by atoms with E-state index in [4.69, 9.17) is 4.52 Å². The fourth-order valence-electron chi connectivity index (χ4n) is 3.65. The first kappa shape index (κ1) is 21.3. The number of carbonyl (C=O) groups is 1. The molecule has 4 rings (SSSR count). The van der Waals surface area contributed by atoms with Gasteiger partial charge in [0.25, 0.3) is 5.56 Å². The summed E-state index contributed by atoms with van der Waals surface area (Å²) in [6.07, 6.45) is 1.56. The SMILES string of the molecule is CN(CCCc1cc(-c2ccccc2)no1)C(=O)CCn1c(=O)[nH]c(=O)c2ccccc21. The number of rotatable bonds is 8. The first-order chi connectivity index (χ1) is 15.5. The number of hydrogen-bond acceptors (Lipinski definition) is 5. The molecule has 0 aliphatic carbocycles. The zero-order chi connectivity index (χ0) is 22.5. The van der Waals surface area contributed by atoms with Crippen LogP contribution >= 0.6 is 0 Å². The van der Waals surface area contributed by atoms with E-state index in [0.29, 0.717) is 23.9 Å². The van der Waals surface area contributed by atoms with E-state index in [1.807, 2.05) is 36.4 Å². The van der Waals surface area contributed by atoms with Crippen LogP contribution in [0.3, 0.4) is 0 Å². The number of nitrogens with one attached hydrogen (secondary N) is 1. The third-order valence-corrected chi connectivity index (χ3v) is 5.43. The number of para-hydroxylation sites is 1. The zero-order valence-electron chi connectivity index (χ0n) is 17.8. The van der Waals surface area contributed by atoms with Crippen molar-refractivity contribution in [3.8, 4) is 11.3 Å². The summed E-state index contributed by atoms with van der Waals surface area (Å²) in [5.74, 6) is 0.700. The van der Waals surface area contributed by atoms with Crippen molar-refractivity contribution in [1.29, 1.82) is 0 Å². The Balaban J connectivity index is 1.31. The van der Waals surface area contributed by atoms with Crippen LogP contribution in [0.5, 0.6) is 0 Å². The largest absolute Gasteiger partial charge is 0.361 e. The number of nitrogens with zero attached hydrogens (tertiary/aromatic N) is 3. The minimum absolute atomic E-state index is 0.0743. The van der Waals surface area contributed by atoms with Gasteiger partial charge in [0.15, 0.2) is 0 Å². The number of fused-ring (bicyclic) bond motifs is 1. The molecule has 0 saturated heterocycles. The summed E-state index contributed by atoms with van der Waals surface area (Å²) in [7, 11) is 1.74. The van der Waals surface area contributed by atoms with Gasteiger partial charge < -0.3 is 9.42 Å². The number of amides is 1. The standard InChI is InChI=1S/C24H24N4O4/c1-27(14-7-10-18-16-20(26-32-18)17-8-3-2-4-9-17)22(29)13-15-28-21-12-6-5-11-19(21)23(30)25-24(28)31/h2-6,8-9,11-12,16H,7,10,13-15H2,1H3,(H,25,30,31). The minimum atomic E-state index is -0.510. The summed E-state index contributed by atoms with van der Waals surface area (Å²) in [6.45, 7) is 0.753. The van der Waals surface area contributed by atoms with Gasteiger partial charge in [0, 0.05) is 44.6 Å². The van der Waals surface area contributed by atoms with Gasteiger partial charge in [-0.1, -0.05) is 47.6 Å². The highest BCUT2D eigenvalue weighted by Crippen LogP contribution is 2.19. The Morgan fingerprint density at radius 1 is 1.09 bits per heavy atom. The molecule has 1 N–H and O–H groups in total. The Morgan fingerprint density at radius 2 is 1.84 bits per heavy atom. The number of H-pyrrole nitrogens is 1. The Morgan fingerprint density at radius 3 is 2.66 bits per heavy atom. The summed E-state index contributed by atoms with van der Waals surface area (Å²) < 4.78 is 6.84. The molecule has 0 aliphatic rings. The van der Waals surface area contributed by atoms with Crippen molar-refractivity contribution >= 4 is 16.8 Å². The molecule has 0 saturated carbocycles. The first-order valence-electron chi connectivity index (χ1n) is 10.5. The fourth-order valence-corrected chi connectivity index (χ4v) is 3.65. The van der Waals surface area contributed by atoms with E-state index in [2.05, 4.69) is 10.1 Å². The minimum Gasteiger partial charge on any atom is -0.361 e. The Bertz CT molecular complexity index is 1340. The molecule has 0 fully saturated rings. The molecule has 0 bridgehead atoms. The molecule has 0 aliphatic heterocycles. The molecule has 2 heterocycles. The molecule has 0 radical (unpaired) electrons. The molecular formula is C24H24N4O4. The van der Waals surface area contributed by atoms with Gasteiger partial charge in [-0.15, -0.1) is 0 Å². The smallest absolute Gasteiger partial charge is 0.328 e. The highest BCUT2D eigenvalue weighted by Gasteiger charge is 2.13. The van der Waals surface area contributed by atoms with Crippen molar-refractivity contribution in [2.24, 2.45) is 0 Å². The molecule has 2 aromatic heterocycles. The second-order valence-electron chi connectivity index (χ2n) is 7.64. The van der Waals surface area contributed by atoms with Gasteiger partial charge in [0.05, 0.1) is 10.9 Å². The van der Waals surface area contributed by atoms with Gasteiger partial charge in [-0.2, -0.15) is 0 Å². The Hall–Kier alpha value is -3.94. The first-order valence-corrected chi connectivity index (χ1v) is 10.5. The number of carbonyl (C=O) groups excluding carboxylic acids is 1. The number of hydrogen-bond donors (Lipinski definition) is 1. The highest BCUT2D eigenvalue weighted by atomic mass is 16.5. The molecular weight excluding hydrogens is 408 g/mol. The van der Waals surface area contributed by atoms with Gasteiger partial charge >= 0.3 is 5.69 Å². The quantitative estimate of drug-likeness (QED) is 0.461. The van der Waals surface area contributed by atoms with Gasteiger partial charge in [0.1, 0.15) is 11.5 Å². The number of benzene rings is 2. The van der Waals surface area contributed by atoms with Gasteiger partial charge in [-0.3, -0.25) is 19.1 Å². The second kappa shape index (κ2) is 9.47. The summed E-state index contributed by atoms with van der Waals surface area (Å²) in [6, 6.07) is 18.6. The third kappa shape index (κ3) is 4.69. The molecule has 8 heteroatoms. The maximum absolute atomic E-state index is 12.6. The second-order valence-corrected chi connectivity index (χ2v) is 7.64. The zero-order valence-corrected chi connectivity index (χ0v) is 17.8.